The first-order chi connectivity index (χ1) is 10.5. The number of ketones is 1. The van der Waals surface area contributed by atoms with E-state index >= 15 is 0 Å². The van der Waals surface area contributed by atoms with Gasteiger partial charge in [0.1, 0.15) is 0 Å². The molecule has 2 aromatic rings. The van der Waals surface area contributed by atoms with Gasteiger partial charge in [-0.25, -0.2) is 4.79 Å². The molecule has 1 amide bonds. The van der Waals surface area contributed by atoms with Crippen LogP contribution in [0.3, 0.4) is 0 Å². The molecule has 5 nitrogen and oxygen atoms in total. The van der Waals surface area contributed by atoms with Crippen LogP contribution in [0.15, 0.2) is 48.5 Å². The van der Waals surface area contributed by atoms with Crippen molar-refractivity contribution in [1.29, 1.82) is 0 Å². The minimum absolute atomic E-state index is 0.295. The molecule has 0 spiro atoms. The van der Waals surface area contributed by atoms with E-state index in [4.69, 9.17) is 0 Å². The van der Waals surface area contributed by atoms with Crippen molar-refractivity contribution in [2.75, 3.05) is 12.4 Å². The van der Waals surface area contributed by atoms with E-state index < -0.39 is 17.7 Å². The van der Waals surface area contributed by atoms with Gasteiger partial charge in [-0.15, -0.1) is 0 Å². The van der Waals surface area contributed by atoms with Crippen molar-refractivity contribution >= 4 is 23.3 Å². The summed E-state index contributed by atoms with van der Waals surface area (Å²) in [5.74, 6) is -1.91. The zero-order chi connectivity index (χ0) is 16.1. The summed E-state index contributed by atoms with van der Waals surface area (Å²) >= 11 is 0. The van der Waals surface area contributed by atoms with Crippen molar-refractivity contribution in [2.24, 2.45) is 0 Å². The van der Waals surface area contributed by atoms with Gasteiger partial charge in [0.2, 0.25) is 0 Å². The Labute approximate surface area is 127 Å². The van der Waals surface area contributed by atoms with E-state index in [0.717, 1.165) is 5.56 Å². The number of esters is 1. The lowest BCUT2D eigenvalue weighted by Crippen LogP contribution is -2.23. The van der Waals surface area contributed by atoms with E-state index in [1.807, 2.05) is 6.92 Å². The van der Waals surface area contributed by atoms with E-state index in [-0.39, 0.29) is 0 Å². The van der Waals surface area contributed by atoms with Crippen LogP contribution in [0.5, 0.6) is 0 Å². The molecule has 0 atom stereocenters. The van der Waals surface area contributed by atoms with Gasteiger partial charge in [0.15, 0.2) is 0 Å². The van der Waals surface area contributed by atoms with Gasteiger partial charge in [-0.3, -0.25) is 9.59 Å². The van der Waals surface area contributed by atoms with Gasteiger partial charge in [-0.1, -0.05) is 35.9 Å². The maximum atomic E-state index is 12.0. The van der Waals surface area contributed by atoms with Crippen LogP contribution in [0, 0.1) is 6.92 Å². The Morgan fingerprint density at radius 1 is 0.955 bits per heavy atom. The van der Waals surface area contributed by atoms with E-state index in [1.165, 1.54) is 13.2 Å². The van der Waals surface area contributed by atoms with Crippen LogP contribution in [-0.2, 0) is 9.53 Å². The second-order valence-corrected chi connectivity index (χ2v) is 4.72. The van der Waals surface area contributed by atoms with E-state index in [9.17, 15) is 14.4 Å². The molecule has 0 saturated heterocycles. The highest BCUT2D eigenvalue weighted by molar-refractivity contribution is 6.46. The number of ether oxygens (including phenoxy) is 1. The van der Waals surface area contributed by atoms with Crippen LogP contribution in [0.2, 0.25) is 0 Å². The molecule has 5 heteroatoms. The average molecular weight is 297 g/mol. The Morgan fingerprint density at radius 2 is 1.64 bits per heavy atom. The molecule has 0 aliphatic carbocycles. The quantitative estimate of drug-likeness (QED) is 0.535. The van der Waals surface area contributed by atoms with Crippen LogP contribution in [0.4, 0.5) is 5.69 Å². The molecule has 0 heterocycles. The maximum absolute atomic E-state index is 12.0. The summed E-state index contributed by atoms with van der Waals surface area (Å²) in [7, 11) is 1.27. The Bertz CT molecular complexity index is 720. The molecule has 2 aromatic carbocycles. The summed E-state index contributed by atoms with van der Waals surface area (Å²) in [5.41, 5.74) is 1.96. The Hall–Kier alpha value is -2.95. The highest BCUT2D eigenvalue weighted by Crippen LogP contribution is 2.12. The van der Waals surface area contributed by atoms with Crippen LogP contribution >= 0.6 is 0 Å². The lowest BCUT2D eigenvalue weighted by Gasteiger charge is -2.06. The molecule has 0 bridgehead atoms. The fraction of sp³-hybridized carbons (Fsp3) is 0.118. The number of nitrogens with one attached hydrogen (secondary N) is 1. The third-order valence-corrected chi connectivity index (χ3v) is 3.06. The third kappa shape index (κ3) is 3.58. The molecule has 0 unspecified atom stereocenters. The van der Waals surface area contributed by atoms with Gasteiger partial charge >= 0.3 is 5.97 Å². The summed E-state index contributed by atoms with van der Waals surface area (Å²) in [5, 5.41) is 2.48. The standard InChI is InChI=1S/C17H15NO4/c1-11-6-8-12(9-7-11)15(19)16(20)18-14-5-3-4-13(10-14)17(21)22-2/h3-10H,1-2H3,(H,18,20). The number of methoxy groups -OCH3 is 1. The first-order valence-corrected chi connectivity index (χ1v) is 6.62. The van der Waals surface area contributed by atoms with Crippen LogP contribution in [0.25, 0.3) is 0 Å². The zero-order valence-corrected chi connectivity index (χ0v) is 12.3. The number of hydrogen-bond donors (Lipinski definition) is 1. The molecule has 22 heavy (non-hydrogen) atoms. The summed E-state index contributed by atoms with van der Waals surface area (Å²) in [4.78, 5) is 35.4. The Kier molecular flexibility index (Phi) is 4.68. The minimum Gasteiger partial charge on any atom is -0.465 e. The third-order valence-electron chi connectivity index (χ3n) is 3.06. The highest BCUT2D eigenvalue weighted by Gasteiger charge is 2.16. The number of carbonyl (C=O) groups excluding carboxylic acids is 3. The van der Waals surface area contributed by atoms with Crippen molar-refractivity contribution in [3.05, 3.63) is 65.2 Å². The largest absolute Gasteiger partial charge is 0.465 e. The van der Waals surface area contributed by atoms with Crippen LogP contribution in [0.1, 0.15) is 26.3 Å². The summed E-state index contributed by atoms with van der Waals surface area (Å²) in [6, 6.07) is 12.9. The molecule has 2 rings (SSSR count). The molecule has 1 N–H and O–H groups in total. The maximum Gasteiger partial charge on any atom is 0.337 e. The average Bonchev–Trinajstić information content (AvgIpc) is 2.54. The van der Waals surface area contributed by atoms with E-state index in [2.05, 4.69) is 10.1 Å². The summed E-state index contributed by atoms with van der Waals surface area (Å²) < 4.78 is 4.61. The lowest BCUT2D eigenvalue weighted by atomic mass is 10.1. The number of carbonyl (C=O) groups is 3. The predicted molar refractivity (Wildman–Crippen MR) is 81.9 cm³/mol. The minimum atomic E-state index is -0.758. The monoisotopic (exact) mass is 297 g/mol. The first-order valence-electron chi connectivity index (χ1n) is 6.62. The number of rotatable bonds is 4. The van der Waals surface area contributed by atoms with Gasteiger partial charge in [-0.05, 0) is 25.1 Å². The number of benzene rings is 2. The number of hydrogen-bond acceptors (Lipinski definition) is 4. The summed E-state index contributed by atoms with van der Waals surface area (Å²) in [6.07, 6.45) is 0. The fourth-order valence-electron chi connectivity index (χ4n) is 1.87. The Balaban J connectivity index is 2.13. The van der Waals surface area contributed by atoms with Gasteiger partial charge in [0.25, 0.3) is 11.7 Å². The van der Waals surface area contributed by atoms with E-state index in [0.29, 0.717) is 16.8 Å². The molecular weight excluding hydrogens is 282 g/mol. The van der Waals surface area contributed by atoms with E-state index in [1.54, 1.807) is 42.5 Å². The first kappa shape index (κ1) is 15.4. The normalized spacial score (nSPS) is 9.91. The zero-order valence-electron chi connectivity index (χ0n) is 12.3. The molecular formula is C17H15NO4. The molecule has 112 valence electrons. The smallest absolute Gasteiger partial charge is 0.337 e. The van der Waals surface area contributed by atoms with Crippen molar-refractivity contribution in [2.45, 2.75) is 6.92 Å². The lowest BCUT2D eigenvalue weighted by molar-refractivity contribution is -0.112. The number of aryl methyl sites for hydroxylation is 1. The molecule has 0 aliphatic heterocycles. The topological polar surface area (TPSA) is 72.5 Å². The summed E-state index contributed by atoms with van der Waals surface area (Å²) in [6.45, 7) is 1.90. The van der Waals surface area contributed by atoms with Gasteiger partial charge < -0.3 is 10.1 Å². The van der Waals surface area contributed by atoms with Gasteiger partial charge in [-0.2, -0.15) is 0 Å². The Morgan fingerprint density at radius 3 is 2.27 bits per heavy atom. The second-order valence-electron chi connectivity index (χ2n) is 4.72. The molecule has 0 aromatic heterocycles. The molecule has 0 radical (unpaired) electrons. The number of anilines is 1. The van der Waals surface area contributed by atoms with Crippen LogP contribution in [-0.4, -0.2) is 24.8 Å². The highest BCUT2D eigenvalue weighted by atomic mass is 16.5. The van der Waals surface area contributed by atoms with Crippen molar-refractivity contribution in [1.82, 2.24) is 0 Å². The molecule has 0 saturated carbocycles. The molecule has 0 fully saturated rings. The SMILES string of the molecule is COC(=O)c1cccc(NC(=O)C(=O)c2ccc(C)cc2)c1. The predicted octanol–water partition coefficient (Wildman–Crippen LogP) is 2.60. The fourth-order valence-corrected chi connectivity index (χ4v) is 1.87. The van der Waals surface area contributed by atoms with Crippen molar-refractivity contribution < 1.29 is 19.1 Å². The van der Waals surface area contributed by atoms with Crippen molar-refractivity contribution in [3.63, 3.8) is 0 Å². The number of amides is 1. The molecule has 0 aliphatic rings. The number of Topliss-reactive ketones (excluding diaryl/α,β-unsaturated/α-hetero) is 1. The van der Waals surface area contributed by atoms with Gasteiger partial charge in [0, 0.05) is 11.3 Å². The second kappa shape index (κ2) is 6.67. The van der Waals surface area contributed by atoms with Crippen molar-refractivity contribution in [3.8, 4) is 0 Å². The van der Waals surface area contributed by atoms with Gasteiger partial charge in [0.05, 0.1) is 12.7 Å². The van der Waals surface area contributed by atoms with Crippen LogP contribution < -0.4 is 5.32 Å².